The lowest BCUT2D eigenvalue weighted by Crippen LogP contribution is -2.33. The summed E-state index contributed by atoms with van der Waals surface area (Å²) in [5.74, 6) is 0.938. The van der Waals surface area contributed by atoms with Gasteiger partial charge in [0.25, 0.3) is 0 Å². The number of ether oxygens (including phenoxy) is 1. The van der Waals surface area contributed by atoms with E-state index in [2.05, 4.69) is 4.90 Å². The van der Waals surface area contributed by atoms with E-state index in [-0.39, 0.29) is 0 Å². The van der Waals surface area contributed by atoms with Crippen LogP contribution in [0.15, 0.2) is 30.3 Å². The molecule has 1 atom stereocenters. The van der Waals surface area contributed by atoms with Crippen molar-refractivity contribution in [2.24, 2.45) is 0 Å². The number of rotatable bonds is 6. The van der Waals surface area contributed by atoms with E-state index >= 15 is 0 Å². The Morgan fingerprint density at radius 1 is 1.29 bits per heavy atom. The minimum Gasteiger partial charge on any atom is -0.494 e. The minimum atomic E-state index is 0.291. The van der Waals surface area contributed by atoms with Gasteiger partial charge < -0.3 is 9.84 Å². The third-order valence-corrected chi connectivity index (χ3v) is 3.31. The summed E-state index contributed by atoms with van der Waals surface area (Å²) >= 11 is 0. The fourth-order valence-electron chi connectivity index (χ4n) is 2.37. The number of para-hydroxylation sites is 1. The van der Waals surface area contributed by atoms with E-state index in [4.69, 9.17) is 4.74 Å². The maximum atomic E-state index is 9.20. The van der Waals surface area contributed by atoms with Crippen molar-refractivity contribution in [3.63, 3.8) is 0 Å². The van der Waals surface area contributed by atoms with Crippen molar-refractivity contribution >= 4 is 0 Å². The predicted molar refractivity (Wildman–Crippen MR) is 68.2 cm³/mol. The van der Waals surface area contributed by atoms with Gasteiger partial charge in [0, 0.05) is 12.6 Å². The Balaban J connectivity index is 1.63. The number of hydrogen-bond acceptors (Lipinski definition) is 3. The van der Waals surface area contributed by atoms with E-state index in [1.807, 2.05) is 30.3 Å². The smallest absolute Gasteiger partial charge is 0.119 e. The van der Waals surface area contributed by atoms with E-state index in [0.29, 0.717) is 12.6 Å². The second-order valence-corrected chi connectivity index (χ2v) is 4.53. The molecule has 3 heteroatoms. The Labute approximate surface area is 103 Å². The van der Waals surface area contributed by atoms with Gasteiger partial charge in [0.15, 0.2) is 0 Å². The first-order valence-electron chi connectivity index (χ1n) is 6.43. The topological polar surface area (TPSA) is 32.7 Å². The van der Waals surface area contributed by atoms with Gasteiger partial charge in [-0.25, -0.2) is 0 Å². The summed E-state index contributed by atoms with van der Waals surface area (Å²) in [5, 5.41) is 9.20. The Morgan fingerprint density at radius 3 is 2.88 bits per heavy atom. The number of aliphatic hydroxyl groups is 1. The van der Waals surface area contributed by atoms with Gasteiger partial charge in [-0.05, 0) is 37.9 Å². The van der Waals surface area contributed by atoms with Gasteiger partial charge >= 0.3 is 0 Å². The molecule has 0 aliphatic carbocycles. The average molecular weight is 235 g/mol. The fraction of sp³-hybridized carbons (Fsp3) is 0.571. The Hall–Kier alpha value is -1.06. The molecular weight excluding hydrogens is 214 g/mol. The molecule has 1 N–H and O–H groups in total. The molecule has 1 fully saturated rings. The summed E-state index contributed by atoms with van der Waals surface area (Å²) in [6.45, 7) is 3.19. The molecule has 1 aromatic rings. The average Bonchev–Trinajstić information content (AvgIpc) is 2.83. The zero-order chi connectivity index (χ0) is 11.9. The first-order valence-corrected chi connectivity index (χ1v) is 6.43. The van der Waals surface area contributed by atoms with Crippen molar-refractivity contribution in [3.05, 3.63) is 30.3 Å². The van der Waals surface area contributed by atoms with Crippen LogP contribution in [0.3, 0.4) is 0 Å². The maximum absolute atomic E-state index is 9.20. The van der Waals surface area contributed by atoms with Crippen LogP contribution in [0.5, 0.6) is 5.75 Å². The van der Waals surface area contributed by atoms with E-state index in [0.717, 1.165) is 38.3 Å². The Morgan fingerprint density at radius 2 is 2.12 bits per heavy atom. The third-order valence-electron chi connectivity index (χ3n) is 3.31. The summed E-state index contributed by atoms with van der Waals surface area (Å²) in [5.41, 5.74) is 0. The third kappa shape index (κ3) is 3.72. The molecule has 0 radical (unpaired) electrons. The summed E-state index contributed by atoms with van der Waals surface area (Å²) in [6.07, 6.45) is 3.37. The molecule has 0 amide bonds. The molecule has 0 unspecified atom stereocenters. The number of hydrogen-bond donors (Lipinski definition) is 1. The van der Waals surface area contributed by atoms with Crippen LogP contribution in [0, 0.1) is 0 Å². The van der Waals surface area contributed by atoms with Crippen molar-refractivity contribution in [1.29, 1.82) is 0 Å². The summed E-state index contributed by atoms with van der Waals surface area (Å²) < 4.78 is 5.65. The molecule has 0 saturated carbocycles. The van der Waals surface area contributed by atoms with E-state index < -0.39 is 0 Å². The minimum absolute atomic E-state index is 0.291. The zero-order valence-electron chi connectivity index (χ0n) is 10.2. The van der Waals surface area contributed by atoms with Crippen LogP contribution in [0.2, 0.25) is 0 Å². The van der Waals surface area contributed by atoms with Crippen molar-refractivity contribution in [2.45, 2.75) is 25.3 Å². The Kier molecular flexibility index (Phi) is 4.83. The van der Waals surface area contributed by atoms with E-state index in [1.165, 1.54) is 6.42 Å². The predicted octanol–water partition coefficient (Wildman–Crippen LogP) is 1.91. The van der Waals surface area contributed by atoms with Gasteiger partial charge in [-0.2, -0.15) is 0 Å². The molecule has 2 rings (SSSR count). The van der Waals surface area contributed by atoms with Crippen LogP contribution in [0.1, 0.15) is 19.3 Å². The normalized spacial score (nSPS) is 20.6. The van der Waals surface area contributed by atoms with Gasteiger partial charge in [-0.15, -0.1) is 0 Å². The highest BCUT2D eigenvalue weighted by Crippen LogP contribution is 2.16. The molecule has 17 heavy (non-hydrogen) atoms. The van der Waals surface area contributed by atoms with Gasteiger partial charge in [0.2, 0.25) is 0 Å². The van der Waals surface area contributed by atoms with E-state index in [1.54, 1.807) is 0 Å². The molecular formula is C14H21NO2. The quantitative estimate of drug-likeness (QED) is 0.765. The molecule has 0 bridgehead atoms. The first kappa shape index (κ1) is 12.4. The molecule has 1 aromatic carbocycles. The van der Waals surface area contributed by atoms with Gasteiger partial charge in [0.05, 0.1) is 13.2 Å². The monoisotopic (exact) mass is 235 g/mol. The number of benzene rings is 1. The van der Waals surface area contributed by atoms with Crippen LogP contribution in [-0.4, -0.2) is 42.4 Å². The van der Waals surface area contributed by atoms with Crippen LogP contribution in [0.4, 0.5) is 0 Å². The highest BCUT2D eigenvalue weighted by Gasteiger charge is 2.22. The molecule has 0 spiro atoms. The van der Waals surface area contributed by atoms with Gasteiger partial charge in [0.1, 0.15) is 5.75 Å². The lowest BCUT2D eigenvalue weighted by atomic mass is 10.2. The zero-order valence-corrected chi connectivity index (χ0v) is 10.2. The standard InChI is InChI=1S/C14H21NO2/c16-12-13-6-4-9-15(13)10-5-11-17-14-7-2-1-3-8-14/h1-3,7-8,13,16H,4-6,9-12H2/t13-/m0/s1. The van der Waals surface area contributed by atoms with Gasteiger partial charge in [-0.3, -0.25) is 4.90 Å². The van der Waals surface area contributed by atoms with Gasteiger partial charge in [-0.1, -0.05) is 18.2 Å². The lowest BCUT2D eigenvalue weighted by molar-refractivity contribution is 0.150. The van der Waals surface area contributed by atoms with E-state index in [9.17, 15) is 5.11 Å². The summed E-state index contributed by atoms with van der Waals surface area (Å²) in [6, 6.07) is 10.3. The molecule has 1 saturated heterocycles. The molecule has 94 valence electrons. The lowest BCUT2D eigenvalue weighted by Gasteiger charge is -2.22. The van der Waals surface area contributed by atoms with Crippen molar-refractivity contribution in [1.82, 2.24) is 4.90 Å². The Bertz CT molecular complexity index is 315. The van der Waals surface area contributed by atoms with Crippen molar-refractivity contribution in [2.75, 3.05) is 26.3 Å². The highest BCUT2D eigenvalue weighted by atomic mass is 16.5. The molecule has 1 heterocycles. The molecule has 3 nitrogen and oxygen atoms in total. The summed E-state index contributed by atoms with van der Waals surface area (Å²) in [4.78, 5) is 2.37. The van der Waals surface area contributed by atoms with Crippen molar-refractivity contribution in [3.8, 4) is 5.75 Å². The molecule has 0 aromatic heterocycles. The fourth-order valence-corrected chi connectivity index (χ4v) is 2.37. The summed E-state index contributed by atoms with van der Waals surface area (Å²) in [7, 11) is 0. The largest absolute Gasteiger partial charge is 0.494 e. The second kappa shape index (κ2) is 6.62. The highest BCUT2D eigenvalue weighted by molar-refractivity contribution is 5.20. The molecule has 1 aliphatic heterocycles. The van der Waals surface area contributed by atoms with Crippen LogP contribution >= 0.6 is 0 Å². The maximum Gasteiger partial charge on any atom is 0.119 e. The number of nitrogens with zero attached hydrogens (tertiary/aromatic N) is 1. The van der Waals surface area contributed by atoms with Crippen LogP contribution < -0.4 is 4.74 Å². The SMILES string of the molecule is OC[C@@H]1CCCN1CCCOc1ccccc1. The number of likely N-dealkylation sites (tertiary alicyclic amines) is 1. The van der Waals surface area contributed by atoms with Crippen LogP contribution in [0.25, 0.3) is 0 Å². The van der Waals surface area contributed by atoms with Crippen LogP contribution in [-0.2, 0) is 0 Å². The first-order chi connectivity index (χ1) is 8.40. The molecule has 1 aliphatic rings. The number of aliphatic hydroxyl groups excluding tert-OH is 1. The second-order valence-electron chi connectivity index (χ2n) is 4.53. The van der Waals surface area contributed by atoms with Crippen molar-refractivity contribution < 1.29 is 9.84 Å².